The third-order valence-corrected chi connectivity index (χ3v) is 6.39. The SMILES string of the molecule is O=C(O)c1ccc(CCCc2ccccc2N(c2ccc(-c3ccccc3)cc2)S(=O)[O-])cc1. The highest BCUT2D eigenvalue weighted by Crippen LogP contribution is 2.32. The highest BCUT2D eigenvalue weighted by Gasteiger charge is 2.14. The predicted octanol–water partition coefficient (Wildman–Crippen LogP) is 6.16. The van der Waals surface area contributed by atoms with Crippen molar-refractivity contribution in [1.82, 2.24) is 0 Å². The molecule has 1 unspecified atom stereocenters. The van der Waals surface area contributed by atoms with Crippen LogP contribution < -0.4 is 4.31 Å². The van der Waals surface area contributed by atoms with Crippen LogP contribution in [0.4, 0.5) is 11.4 Å². The molecule has 6 heteroatoms. The summed E-state index contributed by atoms with van der Waals surface area (Å²) in [4.78, 5) is 11.0. The van der Waals surface area contributed by atoms with Gasteiger partial charge >= 0.3 is 5.97 Å². The predicted molar refractivity (Wildman–Crippen MR) is 135 cm³/mol. The molecule has 0 heterocycles. The van der Waals surface area contributed by atoms with E-state index in [0.717, 1.165) is 35.1 Å². The molecule has 0 bridgehead atoms. The first-order chi connectivity index (χ1) is 16.5. The molecule has 4 aromatic carbocycles. The van der Waals surface area contributed by atoms with Crippen LogP contribution in [-0.4, -0.2) is 19.8 Å². The first-order valence-corrected chi connectivity index (χ1v) is 12.0. The van der Waals surface area contributed by atoms with E-state index in [2.05, 4.69) is 0 Å². The number of para-hydroxylation sites is 1. The Morgan fingerprint density at radius 2 is 1.38 bits per heavy atom. The molecule has 0 radical (unpaired) electrons. The Morgan fingerprint density at radius 3 is 2.03 bits per heavy atom. The van der Waals surface area contributed by atoms with Gasteiger partial charge in [0.2, 0.25) is 0 Å². The van der Waals surface area contributed by atoms with Crippen molar-refractivity contribution in [3.05, 3.63) is 120 Å². The Morgan fingerprint density at radius 1 is 0.765 bits per heavy atom. The Labute approximate surface area is 201 Å². The second kappa shape index (κ2) is 10.9. The summed E-state index contributed by atoms with van der Waals surface area (Å²) in [6, 6.07) is 31.8. The van der Waals surface area contributed by atoms with Crippen LogP contribution in [0.1, 0.15) is 27.9 Å². The van der Waals surface area contributed by atoms with E-state index < -0.39 is 17.2 Å². The smallest absolute Gasteiger partial charge is 0.335 e. The van der Waals surface area contributed by atoms with Crippen LogP contribution in [0.5, 0.6) is 0 Å². The fraction of sp³-hybridized carbons (Fsp3) is 0.107. The number of carboxylic acids is 1. The van der Waals surface area contributed by atoms with Crippen LogP contribution in [0, 0.1) is 0 Å². The minimum absolute atomic E-state index is 0.265. The lowest BCUT2D eigenvalue weighted by Gasteiger charge is -2.28. The van der Waals surface area contributed by atoms with E-state index in [0.29, 0.717) is 17.8 Å². The summed E-state index contributed by atoms with van der Waals surface area (Å²) in [5.74, 6) is -0.942. The van der Waals surface area contributed by atoms with Crippen molar-refractivity contribution in [3.8, 4) is 11.1 Å². The number of aryl methyl sites for hydroxylation is 2. The van der Waals surface area contributed by atoms with Gasteiger partial charge in [-0.25, -0.2) is 4.79 Å². The van der Waals surface area contributed by atoms with Crippen molar-refractivity contribution in [3.63, 3.8) is 0 Å². The fourth-order valence-corrected chi connectivity index (χ4v) is 4.58. The van der Waals surface area contributed by atoms with Crippen LogP contribution in [-0.2, 0) is 24.1 Å². The first kappa shape index (κ1) is 23.4. The third kappa shape index (κ3) is 5.60. The average molecular weight is 471 g/mol. The van der Waals surface area contributed by atoms with Crippen molar-refractivity contribution in [1.29, 1.82) is 0 Å². The number of hydrogen-bond acceptors (Lipinski definition) is 3. The van der Waals surface area contributed by atoms with Gasteiger partial charge in [0.25, 0.3) is 0 Å². The monoisotopic (exact) mass is 470 g/mol. The Kier molecular flexibility index (Phi) is 7.52. The summed E-state index contributed by atoms with van der Waals surface area (Å²) in [5, 5.41) is 9.04. The average Bonchev–Trinajstić information content (AvgIpc) is 2.86. The van der Waals surface area contributed by atoms with Crippen LogP contribution in [0.2, 0.25) is 0 Å². The first-order valence-electron chi connectivity index (χ1n) is 11.0. The number of benzene rings is 4. The zero-order chi connectivity index (χ0) is 23.9. The van der Waals surface area contributed by atoms with Crippen LogP contribution >= 0.6 is 0 Å². The molecule has 1 atom stereocenters. The number of carboxylic acid groups (broad SMARTS) is 1. The van der Waals surface area contributed by atoms with Gasteiger partial charge in [-0.15, -0.1) is 0 Å². The third-order valence-electron chi connectivity index (χ3n) is 5.68. The van der Waals surface area contributed by atoms with Gasteiger partial charge in [0.1, 0.15) is 0 Å². The zero-order valence-corrected chi connectivity index (χ0v) is 19.3. The van der Waals surface area contributed by atoms with Crippen LogP contribution in [0.3, 0.4) is 0 Å². The molecule has 172 valence electrons. The summed E-state index contributed by atoms with van der Waals surface area (Å²) < 4.78 is 25.9. The Bertz CT molecular complexity index is 1270. The molecule has 0 saturated carbocycles. The molecule has 4 rings (SSSR count). The normalized spacial score (nSPS) is 11.7. The van der Waals surface area contributed by atoms with Crippen molar-refractivity contribution < 1.29 is 18.7 Å². The van der Waals surface area contributed by atoms with E-state index in [1.807, 2.05) is 91.0 Å². The van der Waals surface area contributed by atoms with Crippen LogP contribution in [0.25, 0.3) is 11.1 Å². The number of carbonyl (C=O) groups is 1. The highest BCUT2D eigenvalue weighted by atomic mass is 32.2. The molecule has 0 fully saturated rings. The number of nitrogens with zero attached hydrogens (tertiary/aromatic N) is 1. The molecule has 0 amide bonds. The highest BCUT2D eigenvalue weighted by molar-refractivity contribution is 7.81. The summed E-state index contributed by atoms with van der Waals surface area (Å²) in [6.07, 6.45) is 2.25. The number of rotatable bonds is 9. The van der Waals surface area contributed by atoms with E-state index >= 15 is 0 Å². The lowest BCUT2D eigenvalue weighted by Crippen LogP contribution is -2.20. The standard InChI is InChI=1S/C28H25NO4S/c30-28(31)25-15-13-21(14-16-25)7-6-11-24-10-4-5-12-27(24)29(34(32)33)26-19-17-23(18-20-26)22-8-2-1-3-9-22/h1-5,8-10,12-20H,6-7,11H2,(H,30,31)(H,32,33)/p-1. The second-order valence-electron chi connectivity index (χ2n) is 7.91. The zero-order valence-electron chi connectivity index (χ0n) is 18.5. The molecule has 1 N–H and O–H groups in total. The Hall–Kier alpha value is -3.74. The quantitative estimate of drug-likeness (QED) is 0.297. The molecule has 0 spiro atoms. The lowest BCUT2D eigenvalue weighted by molar-refractivity contribution is 0.0697. The molecule has 5 nitrogen and oxygen atoms in total. The van der Waals surface area contributed by atoms with Crippen molar-refractivity contribution in [2.45, 2.75) is 19.3 Å². The van der Waals surface area contributed by atoms with Crippen molar-refractivity contribution >= 4 is 28.6 Å². The molecule has 0 aromatic heterocycles. The molecule has 0 aliphatic heterocycles. The van der Waals surface area contributed by atoms with Crippen molar-refractivity contribution in [2.75, 3.05) is 4.31 Å². The van der Waals surface area contributed by atoms with Crippen molar-refractivity contribution in [2.24, 2.45) is 0 Å². The summed E-state index contributed by atoms with van der Waals surface area (Å²) in [5.41, 5.74) is 5.53. The maximum absolute atomic E-state index is 12.3. The van der Waals surface area contributed by atoms with Crippen LogP contribution in [0.15, 0.2) is 103 Å². The number of hydrogen-bond donors (Lipinski definition) is 1. The largest absolute Gasteiger partial charge is 0.755 e. The Balaban J connectivity index is 1.52. The summed E-state index contributed by atoms with van der Waals surface area (Å²) in [7, 11) is 0. The molecule has 4 aromatic rings. The topological polar surface area (TPSA) is 80.7 Å². The molecular formula is C28H24NO4S-. The van der Waals surface area contributed by atoms with E-state index in [4.69, 9.17) is 5.11 Å². The van der Waals surface area contributed by atoms with E-state index in [1.165, 1.54) is 4.31 Å². The lowest BCUT2D eigenvalue weighted by atomic mass is 10.0. The fourth-order valence-electron chi connectivity index (χ4n) is 3.94. The molecule has 0 aliphatic carbocycles. The molecule has 34 heavy (non-hydrogen) atoms. The van der Waals surface area contributed by atoms with Gasteiger partial charge in [-0.1, -0.05) is 72.8 Å². The van der Waals surface area contributed by atoms with E-state index in [1.54, 1.807) is 12.1 Å². The summed E-state index contributed by atoms with van der Waals surface area (Å²) in [6.45, 7) is 0. The number of aromatic carboxylic acids is 1. The van der Waals surface area contributed by atoms with Gasteiger partial charge in [-0.05, 0) is 71.8 Å². The van der Waals surface area contributed by atoms with Gasteiger partial charge < -0.3 is 9.66 Å². The minimum atomic E-state index is -2.49. The maximum atomic E-state index is 12.3. The molecular weight excluding hydrogens is 446 g/mol. The van der Waals surface area contributed by atoms with Gasteiger partial charge in [0, 0.05) is 0 Å². The molecule has 0 aliphatic rings. The summed E-state index contributed by atoms with van der Waals surface area (Å²) >= 11 is -2.49. The number of anilines is 2. The van der Waals surface area contributed by atoms with E-state index in [9.17, 15) is 13.6 Å². The van der Waals surface area contributed by atoms with Gasteiger partial charge in [-0.3, -0.25) is 8.51 Å². The van der Waals surface area contributed by atoms with Gasteiger partial charge in [0.05, 0.1) is 28.2 Å². The van der Waals surface area contributed by atoms with Gasteiger partial charge in [0.15, 0.2) is 0 Å². The van der Waals surface area contributed by atoms with E-state index in [-0.39, 0.29) is 5.56 Å². The second-order valence-corrected chi connectivity index (χ2v) is 8.71. The molecule has 0 saturated heterocycles. The minimum Gasteiger partial charge on any atom is -0.755 e. The maximum Gasteiger partial charge on any atom is 0.335 e. The van der Waals surface area contributed by atoms with Gasteiger partial charge in [-0.2, -0.15) is 0 Å².